The molecule has 0 radical (unpaired) electrons. The van der Waals surface area contributed by atoms with Gasteiger partial charge in [-0.25, -0.2) is 4.39 Å². The van der Waals surface area contributed by atoms with Crippen LogP contribution in [0.5, 0.6) is 0 Å². The molecule has 0 bridgehead atoms. The van der Waals surface area contributed by atoms with Gasteiger partial charge in [0.25, 0.3) is 5.91 Å². The molecule has 5 heteroatoms. The van der Waals surface area contributed by atoms with E-state index in [1.807, 2.05) is 24.3 Å². The molecule has 2 aromatic carbocycles. The van der Waals surface area contributed by atoms with Crippen molar-refractivity contribution in [2.24, 2.45) is 0 Å². The lowest BCUT2D eigenvalue weighted by molar-refractivity contribution is 0.0717. The zero-order valence-corrected chi connectivity index (χ0v) is 13.5. The van der Waals surface area contributed by atoms with Gasteiger partial charge < -0.3 is 10.0 Å². The van der Waals surface area contributed by atoms with Crippen molar-refractivity contribution in [3.8, 4) is 0 Å². The van der Waals surface area contributed by atoms with Crippen molar-refractivity contribution < 1.29 is 14.3 Å². The Hall–Kier alpha value is -2.79. The van der Waals surface area contributed by atoms with Gasteiger partial charge in [0.1, 0.15) is 5.82 Å². The lowest BCUT2D eigenvalue weighted by Gasteiger charge is -2.25. The van der Waals surface area contributed by atoms with Crippen molar-refractivity contribution >= 4 is 16.7 Å². The molecule has 0 aliphatic carbocycles. The quantitative estimate of drug-likeness (QED) is 0.781. The number of β-amino-alcohol motifs (C(OH)–C–C–N with tert-alkyl or cyclic N) is 1. The summed E-state index contributed by atoms with van der Waals surface area (Å²) in [6.07, 6.45) is 3.04. The summed E-state index contributed by atoms with van der Waals surface area (Å²) in [5, 5.41) is 11.8. The lowest BCUT2D eigenvalue weighted by atomic mass is 10.0. The first kappa shape index (κ1) is 15.7. The fourth-order valence-electron chi connectivity index (χ4n) is 3.51. The van der Waals surface area contributed by atoms with E-state index in [0.29, 0.717) is 17.5 Å². The van der Waals surface area contributed by atoms with Crippen molar-refractivity contribution in [3.05, 3.63) is 77.9 Å². The molecule has 2 heterocycles. The second-order valence-corrected chi connectivity index (χ2v) is 6.33. The summed E-state index contributed by atoms with van der Waals surface area (Å²) in [4.78, 5) is 18.9. The Bertz CT molecular complexity index is 938. The van der Waals surface area contributed by atoms with Gasteiger partial charge in [-0.3, -0.25) is 9.78 Å². The molecule has 1 amide bonds. The maximum Gasteiger partial charge on any atom is 0.256 e. The summed E-state index contributed by atoms with van der Waals surface area (Å²) in [6.45, 7) is 0.225. The number of nitrogens with zero attached hydrogens (tertiary/aromatic N) is 2. The molecule has 4 nitrogen and oxygen atoms in total. The third-order valence-corrected chi connectivity index (χ3v) is 4.67. The van der Waals surface area contributed by atoms with Crippen LogP contribution in [0.3, 0.4) is 0 Å². The molecule has 1 N–H and O–H groups in total. The molecule has 4 rings (SSSR count). The highest BCUT2D eigenvalue weighted by molar-refractivity contribution is 6.06. The number of carbonyl (C=O) groups is 1. The minimum absolute atomic E-state index is 0.199. The number of aromatic nitrogens is 1. The summed E-state index contributed by atoms with van der Waals surface area (Å²) < 4.78 is 13.6. The van der Waals surface area contributed by atoms with E-state index in [1.165, 1.54) is 12.1 Å². The molecular formula is C20H17FN2O2. The first-order valence-electron chi connectivity index (χ1n) is 8.21. The van der Waals surface area contributed by atoms with Crippen molar-refractivity contribution in [3.63, 3.8) is 0 Å². The third kappa shape index (κ3) is 2.87. The highest BCUT2D eigenvalue weighted by Gasteiger charge is 2.36. The first-order valence-corrected chi connectivity index (χ1v) is 8.21. The van der Waals surface area contributed by atoms with Crippen LogP contribution in [0.25, 0.3) is 10.8 Å². The topological polar surface area (TPSA) is 53.4 Å². The third-order valence-electron chi connectivity index (χ3n) is 4.67. The van der Waals surface area contributed by atoms with Gasteiger partial charge in [0.15, 0.2) is 0 Å². The summed E-state index contributed by atoms with van der Waals surface area (Å²) in [7, 11) is 0. The van der Waals surface area contributed by atoms with Crippen LogP contribution in [0.1, 0.15) is 28.4 Å². The number of pyridine rings is 1. The number of likely N-dealkylation sites (tertiary alicyclic amines) is 1. The largest absolute Gasteiger partial charge is 0.391 e. The number of rotatable bonds is 2. The van der Waals surface area contributed by atoms with E-state index in [2.05, 4.69) is 4.98 Å². The van der Waals surface area contributed by atoms with Gasteiger partial charge in [0.05, 0.1) is 17.7 Å². The first-order chi connectivity index (χ1) is 12.1. The van der Waals surface area contributed by atoms with Crippen LogP contribution in [0, 0.1) is 5.82 Å². The molecule has 1 aromatic heterocycles. The van der Waals surface area contributed by atoms with Crippen LogP contribution < -0.4 is 0 Å². The molecule has 1 aliphatic heterocycles. The second-order valence-electron chi connectivity index (χ2n) is 6.33. The van der Waals surface area contributed by atoms with Crippen molar-refractivity contribution in [2.75, 3.05) is 6.54 Å². The van der Waals surface area contributed by atoms with Gasteiger partial charge in [-0.15, -0.1) is 0 Å². The van der Waals surface area contributed by atoms with Gasteiger partial charge in [-0.1, -0.05) is 36.4 Å². The SMILES string of the molecule is O=C(c1cncc2ccccc12)N1C[C@H](O)C[C@H]1c1cccc(F)c1. The molecule has 0 saturated carbocycles. The normalized spacial score (nSPS) is 20.2. The van der Waals surface area contributed by atoms with Gasteiger partial charge >= 0.3 is 0 Å². The molecule has 2 atom stereocenters. The van der Waals surface area contributed by atoms with E-state index in [-0.39, 0.29) is 24.3 Å². The summed E-state index contributed by atoms with van der Waals surface area (Å²) in [5.41, 5.74) is 1.19. The fraction of sp³-hybridized carbons (Fsp3) is 0.200. The van der Waals surface area contributed by atoms with Crippen molar-refractivity contribution in [1.29, 1.82) is 0 Å². The number of hydrogen-bond acceptors (Lipinski definition) is 3. The predicted octanol–water partition coefficient (Wildman–Crippen LogP) is 3.32. The number of fused-ring (bicyclic) bond motifs is 1. The van der Waals surface area contributed by atoms with E-state index >= 15 is 0 Å². The molecule has 1 saturated heterocycles. The van der Waals surface area contributed by atoms with Crippen LogP contribution in [0.15, 0.2) is 60.9 Å². The highest BCUT2D eigenvalue weighted by atomic mass is 19.1. The molecular weight excluding hydrogens is 319 g/mol. The summed E-state index contributed by atoms with van der Waals surface area (Å²) in [6, 6.07) is 13.4. The van der Waals surface area contributed by atoms with Crippen LogP contribution >= 0.6 is 0 Å². The highest BCUT2D eigenvalue weighted by Crippen LogP contribution is 2.34. The van der Waals surface area contributed by atoms with E-state index in [1.54, 1.807) is 29.4 Å². The van der Waals surface area contributed by atoms with Crippen molar-refractivity contribution in [2.45, 2.75) is 18.6 Å². The van der Waals surface area contributed by atoms with Crippen LogP contribution in [-0.2, 0) is 0 Å². The summed E-state index contributed by atoms with van der Waals surface area (Å²) in [5.74, 6) is -0.548. The summed E-state index contributed by atoms with van der Waals surface area (Å²) >= 11 is 0. The standard InChI is InChI=1S/C20H17FN2O2/c21-15-6-3-5-13(8-15)19-9-16(24)12-23(19)20(25)18-11-22-10-14-4-1-2-7-17(14)18/h1-8,10-11,16,19,24H,9,12H2/t16-,19+/m1/s1. The van der Waals surface area contributed by atoms with E-state index in [9.17, 15) is 14.3 Å². The average Bonchev–Trinajstić information content (AvgIpc) is 3.02. The van der Waals surface area contributed by atoms with E-state index < -0.39 is 6.10 Å². The Balaban J connectivity index is 1.75. The monoisotopic (exact) mass is 336 g/mol. The minimum atomic E-state index is -0.625. The Kier molecular flexibility index (Phi) is 3.93. The zero-order valence-electron chi connectivity index (χ0n) is 13.5. The molecule has 1 fully saturated rings. The van der Waals surface area contributed by atoms with Gasteiger partial charge in [-0.05, 0) is 29.5 Å². The Morgan fingerprint density at radius 3 is 2.84 bits per heavy atom. The van der Waals surface area contributed by atoms with Gasteiger partial charge in [0.2, 0.25) is 0 Å². The average molecular weight is 336 g/mol. The number of aliphatic hydroxyl groups excluding tert-OH is 1. The van der Waals surface area contributed by atoms with Crippen LogP contribution in [0.4, 0.5) is 4.39 Å². The number of aliphatic hydroxyl groups is 1. The Morgan fingerprint density at radius 1 is 1.16 bits per heavy atom. The van der Waals surface area contributed by atoms with Crippen LogP contribution in [0.2, 0.25) is 0 Å². The van der Waals surface area contributed by atoms with Crippen molar-refractivity contribution in [1.82, 2.24) is 9.88 Å². The Labute approximate surface area is 144 Å². The van der Waals surface area contributed by atoms with Gasteiger partial charge in [-0.2, -0.15) is 0 Å². The van der Waals surface area contributed by atoms with Gasteiger partial charge in [0, 0.05) is 24.3 Å². The zero-order chi connectivity index (χ0) is 17.4. The number of amides is 1. The molecule has 3 aromatic rings. The number of carbonyl (C=O) groups excluding carboxylic acids is 1. The number of halogens is 1. The van der Waals surface area contributed by atoms with E-state index in [0.717, 1.165) is 10.8 Å². The predicted molar refractivity (Wildman–Crippen MR) is 92.5 cm³/mol. The lowest BCUT2D eigenvalue weighted by Crippen LogP contribution is -2.32. The maximum absolute atomic E-state index is 13.6. The maximum atomic E-state index is 13.6. The minimum Gasteiger partial charge on any atom is -0.391 e. The van der Waals surface area contributed by atoms with Crippen LogP contribution in [-0.4, -0.2) is 33.5 Å². The molecule has 0 unspecified atom stereocenters. The molecule has 0 spiro atoms. The number of hydrogen-bond donors (Lipinski definition) is 1. The Morgan fingerprint density at radius 2 is 2.00 bits per heavy atom. The molecule has 126 valence electrons. The smallest absolute Gasteiger partial charge is 0.256 e. The molecule has 25 heavy (non-hydrogen) atoms. The number of benzene rings is 2. The fourth-order valence-corrected chi connectivity index (χ4v) is 3.51. The van der Waals surface area contributed by atoms with E-state index in [4.69, 9.17) is 0 Å². The molecule has 1 aliphatic rings. The second kappa shape index (κ2) is 6.26.